The Labute approximate surface area is 101 Å². The number of aromatic nitrogens is 1. The van der Waals surface area contributed by atoms with E-state index in [2.05, 4.69) is 9.72 Å². The van der Waals surface area contributed by atoms with Crippen molar-refractivity contribution in [3.8, 4) is 5.75 Å². The molecule has 2 aromatic rings. The summed E-state index contributed by atoms with van der Waals surface area (Å²) in [6.45, 7) is 0. The van der Waals surface area contributed by atoms with Crippen LogP contribution in [0.4, 0.5) is 8.78 Å². The van der Waals surface area contributed by atoms with Crippen LogP contribution in [0.2, 0.25) is 0 Å². The second-order valence-electron chi connectivity index (χ2n) is 3.48. The van der Waals surface area contributed by atoms with Crippen LogP contribution in [-0.2, 0) is 4.74 Å². The molecule has 0 saturated carbocycles. The van der Waals surface area contributed by atoms with Gasteiger partial charge in [0, 0.05) is 17.5 Å². The van der Waals surface area contributed by atoms with Crippen LogP contribution in [0.15, 0.2) is 18.2 Å². The van der Waals surface area contributed by atoms with Crippen LogP contribution in [0.5, 0.6) is 5.75 Å². The highest BCUT2D eigenvalue weighted by Crippen LogP contribution is 2.27. The third-order valence-corrected chi connectivity index (χ3v) is 2.43. The molecule has 0 N–H and O–H groups in total. The third kappa shape index (κ3) is 1.97. The van der Waals surface area contributed by atoms with Crippen molar-refractivity contribution in [1.29, 1.82) is 0 Å². The number of carbonyl (C=O) groups excluding carboxylic acids is 1. The number of rotatable bonds is 2. The summed E-state index contributed by atoms with van der Waals surface area (Å²) in [6, 6.07) is 3.18. The van der Waals surface area contributed by atoms with Crippen molar-refractivity contribution in [3.05, 3.63) is 35.5 Å². The predicted octanol–water partition coefficient (Wildman–Crippen LogP) is 2.31. The summed E-state index contributed by atoms with van der Waals surface area (Å²) in [4.78, 5) is 15.3. The minimum Gasteiger partial charge on any atom is -0.496 e. The highest BCUT2D eigenvalue weighted by Gasteiger charge is 2.15. The molecule has 1 heterocycles. The molecular weight excluding hydrogens is 244 g/mol. The van der Waals surface area contributed by atoms with Crippen LogP contribution in [0.1, 0.15) is 10.5 Å². The molecule has 0 aliphatic rings. The maximum Gasteiger partial charge on any atom is 0.356 e. The molecule has 0 radical (unpaired) electrons. The van der Waals surface area contributed by atoms with E-state index in [-0.39, 0.29) is 22.3 Å². The Morgan fingerprint density at radius 2 is 1.83 bits per heavy atom. The van der Waals surface area contributed by atoms with Crippen molar-refractivity contribution >= 4 is 16.9 Å². The number of fused-ring (bicyclic) bond motifs is 1. The van der Waals surface area contributed by atoms with Crippen molar-refractivity contribution in [2.24, 2.45) is 0 Å². The van der Waals surface area contributed by atoms with E-state index in [9.17, 15) is 13.6 Å². The van der Waals surface area contributed by atoms with Crippen LogP contribution in [0.25, 0.3) is 10.9 Å². The highest BCUT2D eigenvalue weighted by molar-refractivity contribution is 5.94. The van der Waals surface area contributed by atoms with Crippen molar-refractivity contribution in [2.75, 3.05) is 14.2 Å². The van der Waals surface area contributed by atoms with Gasteiger partial charge in [-0.15, -0.1) is 0 Å². The van der Waals surface area contributed by atoms with Crippen molar-refractivity contribution in [1.82, 2.24) is 4.98 Å². The fraction of sp³-hybridized carbons (Fsp3) is 0.167. The first-order valence-corrected chi connectivity index (χ1v) is 4.99. The molecule has 1 aromatic carbocycles. The van der Waals surface area contributed by atoms with Crippen molar-refractivity contribution < 1.29 is 23.0 Å². The normalized spacial score (nSPS) is 10.4. The number of esters is 1. The number of carbonyl (C=O) groups is 1. The van der Waals surface area contributed by atoms with E-state index >= 15 is 0 Å². The van der Waals surface area contributed by atoms with Gasteiger partial charge in [-0.25, -0.2) is 18.6 Å². The van der Waals surface area contributed by atoms with E-state index in [4.69, 9.17) is 4.74 Å². The molecule has 0 spiro atoms. The van der Waals surface area contributed by atoms with Gasteiger partial charge in [-0.1, -0.05) is 0 Å². The van der Waals surface area contributed by atoms with Gasteiger partial charge in [0.15, 0.2) is 17.3 Å². The van der Waals surface area contributed by atoms with Gasteiger partial charge in [0.05, 0.1) is 19.7 Å². The lowest BCUT2D eigenvalue weighted by Crippen LogP contribution is -2.05. The lowest BCUT2D eigenvalue weighted by Gasteiger charge is -2.08. The molecule has 0 atom stereocenters. The average Bonchev–Trinajstić information content (AvgIpc) is 2.38. The van der Waals surface area contributed by atoms with Crippen LogP contribution in [0, 0.1) is 11.6 Å². The zero-order chi connectivity index (χ0) is 13.3. The van der Waals surface area contributed by atoms with Gasteiger partial charge in [-0.3, -0.25) is 0 Å². The summed E-state index contributed by atoms with van der Waals surface area (Å²) in [7, 11) is 2.56. The smallest absolute Gasteiger partial charge is 0.356 e. The van der Waals surface area contributed by atoms with E-state index in [1.807, 2.05) is 0 Å². The summed E-state index contributed by atoms with van der Waals surface area (Å²) in [5, 5.41) is 0.282. The first kappa shape index (κ1) is 12.2. The number of pyridine rings is 1. The lowest BCUT2D eigenvalue weighted by molar-refractivity contribution is 0.0594. The Morgan fingerprint density at radius 3 is 2.44 bits per heavy atom. The van der Waals surface area contributed by atoms with Crippen molar-refractivity contribution in [2.45, 2.75) is 0 Å². The Balaban J connectivity index is 2.75. The quantitative estimate of drug-likeness (QED) is 0.770. The molecule has 0 saturated heterocycles. The summed E-state index contributed by atoms with van der Waals surface area (Å²) >= 11 is 0. The van der Waals surface area contributed by atoms with Crippen molar-refractivity contribution in [3.63, 3.8) is 0 Å². The Kier molecular flexibility index (Phi) is 3.10. The molecule has 0 aliphatic heterocycles. The van der Waals surface area contributed by atoms with Gasteiger partial charge in [0.25, 0.3) is 0 Å². The molecule has 4 nitrogen and oxygen atoms in total. The zero-order valence-corrected chi connectivity index (χ0v) is 9.66. The Hall–Kier alpha value is -2.24. The number of hydrogen-bond donors (Lipinski definition) is 0. The Morgan fingerprint density at radius 1 is 1.17 bits per heavy atom. The first-order valence-electron chi connectivity index (χ1n) is 4.99. The number of benzene rings is 1. The second kappa shape index (κ2) is 4.56. The third-order valence-electron chi connectivity index (χ3n) is 2.43. The summed E-state index contributed by atoms with van der Waals surface area (Å²) in [6.07, 6.45) is 0. The minimum atomic E-state index is -1.04. The van der Waals surface area contributed by atoms with Gasteiger partial charge < -0.3 is 9.47 Å². The maximum atomic E-state index is 13.1. The molecule has 18 heavy (non-hydrogen) atoms. The molecule has 2 rings (SSSR count). The SMILES string of the molecule is COC(=O)c1cc(OC)c2cc(F)c(F)cc2n1. The van der Waals surface area contributed by atoms with Crippen LogP contribution >= 0.6 is 0 Å². The molecular formula is C12H9F2NO3. The second-order valence-corrected chi connectivity index (χ2v) is 3.48. The maximum absolute atomic E-state index is 13.1. The first-order chi connectivity index (χ1) is 8.56. The molecule has 0 bridgehead atoms. The number of hydrogen-bond acceptors (Lipinski definition) is 4. The van der Waals surface area contributed by atoms with Gasteiger partial charge in [-0.05, 0) is 6.07 Å². The number of methoxy groups -OCH3 is 2. The fourth-order valence-electron chi connectivity index (χ4n) is 1.57. The van der Waals surface area contributed by atoms with Gasteiger partial charge in [-0.2, -0.15) is 0 Å². The predicted molar refractivity (Wildman–Crippen MR) is 59.6 cm³/mol. The van der Waals surface area contributed by atoms with Gasteiger partial charge in [0.2, 0.25) is 0 Å². The van der Waals surface area contributed by atoms with E-state index in [0.29, 0.717) is 0 Å². The molecule has 0 amide bonds. The highest BCUT2D eigenvalue weighted by atomic mass is 19.2. The summed E-state index contributed by atoms with van der Waals surface area (Å²) in [5.41, 5.74) is 0.0847. The van der Waals surface area contributed by atoms with Gasteiger partial charge >= 0.3 is 5.97 Å². The van der Waals surface area contributed by atoms with E-state index in [1.54, 1.807) is 0 Å². The molecule has 1 aromatic heterocycles. The molecule has 0 unspecified atom stereocenters. The molecule has 6 heteroatoms. The number of nitrogens with zero attached hydrogens (tertiary/aromatic N) is 1. The minimum absolute atomic E-state index is 0.0344. The fourth-order valence-corrected chi connectivity index (χ4v) is 1.57. The molecule has 94 valence electrons. The summed E-state index contributed by atoms with van der Waals surface area (Å²) < 4.78 is 35.8. The number of ether oxygens (including phenoxy) is 2. The van der Waals surface area contributed by atoms with E-state index in [0.717, 1.165) is 12.1 Å². The van der Waals surface area contributed by atoms with Crippen LogP contribution in [0.3, 0.4) is 0 Å². The van der Waals surface area contributed by atoms with E-state index in [1.165, 1.54) is 20.3 Å². The lowest BCUT2D eigenvalue weighted by atomic mass is 10.1. The standard InChI is InChI=1S/C12H9F2NO3/c1-17-11-5-10(12(16)18-2)15-9-4-8(14)7(13)3-6(9)11/h3-5H,1-2H3. The monoisotopic (exact) mass is 253 g/mol. The largest absolute Gasteiger partial charge is 0.496 e. The topological polar surface area (TPSA) is 48.4 Å². The Bertz CT molecular complexity index is 628. The zero-order valence-electron chi connectivity index (χ0n) is 9.66. The average molecular weight is 253 g/mol. The van der Waals surface area contributed by atoms with Crippen LogP contribution in [-0.4, -0.2) is 25.2 Å². The van der Waals surface area contributed by atoms with E-state index < -0.39 is 17.6 Å². The molecule has 0 aliphatic carbocycles. The molecule has 0 fully saturated rings. The summed E-state index contributed by atoms with van der Waals surface area (Å²) in [5.74, 6) is -2.51. The number of halogens is 2. The van der Waals surface area contributed by atoms with Crippen LogP contribution < -0.4 is 4.74 Å². The van der Waals surface area contributed by atoms with Gasteiger partial charge in [0.1, 0.15) is 5.75 Å².